The molecule has 0 saturated carbocycles. The molecule has 0 aliphatic carbocycles. The summed E-state index contributed by atoms with van der Waals surface area (Å²) in [5, 5.41) is 0. The van der Waals surface area contributed by atoms with E-state index in [9.17, 15) is 4.39 Å². The Bertz CT molecular complexity index is 558. The minimum atomic E-state index is -0.224. The van der Waals surface area contributed by atoms with Gasteiger partial charge in [-0.2, -0.15) is 0 Å². The molecule has 2 rings (SSSR count). The molecule has 3 heteroatoms. The Hall–Kier alpha value is -1.87. The fourth-order valence-corrected chi connectivity index (χ4v) is 2.68. The van der Waals surface area contributed by atoms with Crippen molar-refractivity contribution >= 4 is 5.69 Å². The molecule has 0 bridgehead atoms. The van der Waals surface area contributed by atoms with Gasteiger partial charge in [-0.1, -0.05) is 18.2 Å². The molecule has 20 heavy (non-hydrogen) atoms. The van der Waals surface area contributed by atoms with Crippen molar-refractivity contribution in [2.24, 2.45) is 5.73 Å². The molecule has 0 aliphatic rings. The maximum absolute atomic E-state index is 13.0. The second-order valence-corrected chi connectivity index (χ2v) is 5.14. The molecule has 0 radical (unpaired) electrons. The van der Waals surface area contributed by atoms with Gasteiger partial charge in [0.15, 0.2) is 0 Å². The summed E-state index contributed by atoms with van der Waals surface area (Å²) in [6.07, 6.45) is 0. The molecule has 0 fully saturated rings. The van der Waals surface area contributed by atoms with E-state index in [0.717, 1.165) is 5.69 Å². The van der Waals surface area contributed by atoms with E-state index in [1.165, 1.54) is 28.8 Å². The Morgan fingerprint density at radius 2 is 1.60 bits per heavy atom. The average molecular weight is 272 g/mol. The van der Waals surface area contributed by atoms with Crippen LogP contribution in [0.25, 0.3) is 0 Å². The van der Waals surface area contributed by atoms with Gasteiger partial charge in [0.2, 0.25) is 0 Å². The molecule has 0 aromatic heterocycles. The quantitative estimate of drug-likeness (QED) is 0.921. The van der Waals surface area contributed by atoms with E-state index in [2.05, 4.69) is 36.9 Å². The van der Waals surface area contributed by atoms with E-state index in [1.807, 2.05) is 7.05 Å². The fraction of sp³-hybridized carbons (Fsp3) is 0.294. The molecule has 2 N–H and O–H groups in total. The van der Waals surface area contributed by atoms with Gasteiger partial charge in [-0.3, -0.25) is 0 Å². The zero-order valence-corrected chi connectivity index (χ0v) is 12.2. The lowest BCUT2D eigenvalue weighted by atomic mass is 9.95. The van der Waals surface area contributed by atoms with Crippen LogP contribution in [0.2, 0.25) is 0 Å². The molecule has 1 unspecified atom stereocenters. The van der Waals surface area contributed by atoms with Crippen LogP contribution in [0.1, 0.15) is 22.7 Å². The van der Waals surface area contributed by atoms with Gasteiger partial charge >= 0.3 is 0 Å². The molecule has 0 amide bonds. The number of hydrogen-bond acceptors (Lipinski definition) is 2. The largest absolute Gasteiger partial charge is 0.366 e. The third-order valence-corrected chi connectivity index (χ3v) is 3.80. The van der Waals surface area contributed by atoms with Crippen molar-refractivity contribution in [2.45, 2.75) is 19.9 Å². The lowest BCUT2D eigenvalue weighted by molar-refractivity contribution is 0.626. The number of benzene rings is 2. The number of nitrogens with two attached hydrogens (primary N) is 1. The zero-order valence-electron chi connectivity index (χ0n) is 12.2. The van der Waals surface area contributed by atoms with Gasteiger partial charge < -0.3 is 10.6 Å². The molecule has 0 aliphatic heterocycles. The maximum atomic E-state index is 13.0. The summed E-state index contributed by atoms with van der Waals surface area (Å²) in [5.41, 5.74) is 10.7. The molecule has 1 atom stereocenters. The highest BCUT2D eigenvalue weighted by Gasteiger charge is 2.19. The van der Waals surface area contributed by atoms with Crippen molar-refractivity contribution in [1.29, 1.82) is 0 Å². The summed E-state index contributed by atoms with van der Waals surface area (Å²) in [7, 11) is 2.00. The van der Waals surface area contributed by atoms with Gasteiger partial charge in [0.1, 0.15) is 5.82 Å². The lowest BCUT2D eigenvalue weighted by Crippen LogP contribution is -2.31. The molecule has 106 valence electrons. The van der Waals surface area contributed by atoms with E-state index >= 15 is 0 Å². The predicted molar refractivity (Wildman–Crippen MR) is 82.5 cm³/mol. The highest BCUT2D eigenvalue weighted by Crippen LogP contribution is 2.29. The van der Waals surface area contributed by atoms with Gasteiger partial charge in [-0.15, -0.1) is 0 Å². The van der Waals surface area contributed by atoms with Crippen molar-refractivity contribution < 1.29 is 4.39 Å². The van der Waals surface area contributed by atoms with Crippen molar-refractivity contribution in [3.8, 4) is 0 Å². The van der Waals surface area contributed by atoms with Crippen LogP contribution in [0.15, 0.2) is 42.5 Å². The van der Waals surface area contributed by atoms with E-state index < -0.39 is 0 Å². The van der Waals surface area contributed by atoms with Gasteiger partial charge in [0.05, 0.1) is 6.04 Å². The first-order chi connectivity index (χ1) is 9.54. The van der Waals surface area contributed by atoms with Crippen LogP contribution >= 0.6 is 0 Å². The number of anilines is 1. The number of aryl methyl sites for hydroxylation is 2. The third-order valence-electron chi connectivity index (χ3n) is 3.80. The summed E-state index contributed by atoms with van der Waals surface area (Å²) in [4.78, 5) is 2.11. The first-order valence-electron chi connectivity index (χ1n) is 6.79. The predicted octanol–water partition coefficient (Wildman–Crippen LogP) is 3.58. The number of likely N-dealkylation sites (N-methyl/N-ethyl adjacent to an activating group) is 1. The van der Waals surface area contributed by atoms with Gasteiger partial charge in [-0.25, -0.2) is 4.39 Å². The van der Waals surface area contributed by atoms with Crippen LogP contribution < -0.4 is 10.6 Å². The molecule has 2 aromatic carbocycles. The van der Waals surface area contributed by atoms with E-state index in [-0.39, 0.29) is 11.9 Å². The normalized spacial score (nSPS) is 12.2. The second-order valence-electron chi connectivity index (χ2n) is 5.14. The van der Waals surface area contributed by atoms with Crippen LogP contribution in [0, 0.1) is 19.7 Å². The summed E-state index contributed by atoms with van der Waals surface area (Å²) in [5.74, 6) is -0.224. The Morgan fingerprint density at radius 3 is 2.10 bits per heavy atom. The Balaban J connectivity index is 2.39. The van der Waals surface area contributed by atoms with Crippen molar-refractivity contribution in [3.05, 3.63) is 65.0 Å². The maximum Gasteiger partial charge on any atom is 0.123 e. The minimum Gasteiger partial charge on any atom is -0.366 e. The lowest BCUT2D eigenvalue weighted by Gasteiger charge is -2.31. The van der Waals surface area contributed by atoms with E-state index in [4.69, 9.17) is 5.73 Å². The molecular weight excluding hydrogens is 251 g/mol. The Labute approximate surface area is 120 Å². The first kappa shape index (κ1) is 14.5. The highest BCUT2D eigenvalue weighted by atomic mass is 19.1. The second kappa shape index (κ2) is 6.06. The summed E-state index contributed by atoms with van der Waals surface area (Å²) >= 11 is 0. The molecule has 0 heterocycles. The average Bonchev–Trinajstić information content (AvgIpc) is 2.43. The van der Waals surface area contributed by atoms with Crippen LogP contribution in [-0.4, -0.2) is 13.6 Å². The van der Waals surface area contributed by atoms with Gasteiger partial charge in [0.25, 0.3) is 0 Å². The third kappa shape index (κ3) is 2.83. The minimum absolute atomic E-state index is 0.0849. The van der Waals surface area contributed by atoms with Crippen molar-refractivity contribution in [1.82, 2.24) is 0 Å². The van der Waals surface area contributed by atoms with Gasteiger partial charge in [-0.05, 0) is 54.8 Å². The molecule has 2 aromatic rings. The van der Waals surface area contributed by atoms with Gasteiger partial charge in [0, 0.05) is 19.3 Å². The van der Waals surface area contributed by atoms with E-state index in [0.29, 0.717) is 6.54 Å². The Morgan fingerprint density at radius 1 is 1.05 bits per heavy atom. The molecule has 2 nitrogen and oxygen atoms in total. The summed E-state index contributed by atoms with van der Waals surface area (Å²) < 4.78 is 13.0. The van der Waals surface area contributed by atoms with Crippen LogP contribution in [0.3, 0.4) is 0 Å². The number of hydrogen-bond donors (Lipinski definition) is 1. The zero-order chi connectivity index (χ0) is 14.7. The fourth-order valence-electron chi connectivity index (χ4n) is 2.68. The van der Waals surface area contributed by atoms with Crippen LogP contribution in [0.5, 0.6) is 0 Å². The standard InChI is InChI=1S/C17H21FN2/c1-12-5-4-6-13(2)17(12)16(11-19)20(3)15-9-7-14(18)8-10-15/h4-10,16H,11,19H2,1-3H3. The van der Waals surface area contributed by atoms with Crippen LogP contribution in [-0.2, 0) is 0 Å². The molecule has 0 spiro atoms. The monoisotopic (exact) mass is 272 g/mol. The number of nitrogens with zero attached hydrogens (tertiary/aromatic N) is 1. The Kier molecular flexibility index (Phi) is 4.40. The summed E-state index contributed by atoms with van der Waals surface area (Å²) in [6, 6.07) is 12.9. The number of halogens is 1. The number of rotatable bonds is 4. The van der Waals surface area contributed by atoms with Crippen molar-refractivity contribution in [3.63, 3.8) is 0 Å². The smallest absolute Gasteiger partial charge is 0.123 e. The molecule has 0 saturated heterocycles. The molecular formula is C17H21FN2. The first-order valence-corrected chi connectivity index (χ1v) is 6.79. The SMILES string of the molecule is Cc1cccc(C)c1C(CN)N(C)c1ccc(F)cc1. The topological polar surface area (TPSA) is 29.3 Å². The van der Waals surface area contributed by atoms with Crippen molar-refractivity contribution in [2.75, 3.05) is 18.5 Å². The summed E-state index contributed by atoms with van der Waals surface area (Å²) in [6.45, 7) is 4.71. The van der Waals surface area contributed by atoms with E-state index in [1.54, 1.807) is 12.1 Å². The highest BCUT2D eigenvalue weighted by molar-refractivity contribution is 5.50. The van der Waals surface area contributed by atoms with Crippen LogP contribution in [0.4, 0.5) is 10.1 Å².